The number of benzene rings is 1. The van der Waals surface area contributed by atoms with Gasteiger partial charge in [0, 0.05) is 55.2 Å². The number of pyridine rings is 1. The van der Waals surface area contributed by atoms with Gasteiger partial charge in [-0.05, 0) is 48.1 Å². The molecule has 1 unspecified atom stereocenters. The summed E-state index contributed by atoms with van der Waals surface area (Å²) in [6, 6.07) is 12.2. The zero-order valence-corrected chi connectivity index (χ0v) is 19.9. The molecule has 34 heavy (non-hydrogen) atoms. The summed E-state index contributed by atoms with van der Waals surface area (Å²) >= 11 is 6.04. The normalized spacial score (nSPS) is 17.1. The minimum Gasteiger partial charge on any atom is -0.366 e. The third kappa shape index (κ3) is 4.53. The number of hydrogen-bond donors (Lipinski definition) is 1. The molecule has 5 rings (SSSR count). The Morgan fingerprint density at radius 2 is 2.06 bits per heavy atom. The summed E-state index contributed by atoms with van der Waals surface area (Å²) < 4.78 is 29.7. The van der Waals surface area contributed by atoms with E-state index in [0.717, 1.165) is 29.9 Å². The highest BCUT2D eigenvalue weighted by Crippen LogP contribution is 2.31. The van der Waals surface area contributed by atoms with E-state index in [-0.39, 0.29) is 10.8 Å². The van der Waals surface area contributed by atoms with Crippen LogP contribution in [0.4, 0.5) is 5.82 Å². The zero-order valence-electron chi connectivity index (χ0n) is 18.3. The number of nitrogens with one attached hydrogen (secondary N) is 1. The molecule has 0 spiro atoms. The van der Waals surface area contributed by atoms with Crippen molar-refractivity contribution < 1.29 is 8.42 Å². The van der Waals surface area contributed by atoms with Gasteiger partial charge in [-0.1, -0.05) is 23.7 Å². The Hall–Kier alpha value is -2.95. The minimum atomic E-state index is -3.67. The highest BCUT2D eigenvalue weighted by Gasteiger charge is 2.32. The molecule has 1 aromatic carbocycles. The van der Waals surface area contributed by atoms with Crippen molar-refractivity contribution in [1.29, 1.82) is 0 Å². The average Bonchev–Trinajstić information content (AvgIpc) is 3.24. The topological polar surface area (TPSA) is 92.5 Å². The van der Waals surface area contributed by atoms with Crippen molar-refractivity contribution in [2.24, 2.45) is 0 Å². The number of hydrogen-bond acceptors (Lipinski definition) is 6. The van der Waals surface area contributed by atoms with E-state index in [1.807, 2.05) is 18.2 Å². The molecule has 3 aromatic heterocycles. The molecule has 1 atom stereocenters. The molecule has 4 heterocycles. The van der Waals surface area contributed by atoms with E-state index in [9.17, 15) is 8.42 Å². The standard InChI is InChI=1S/C23H22BClN6O2S/c24-20-14-28-31-22(27-13-16-4-2-8-26-12-16)11-21(29-23(20)31)17-5-3-9-30(15-17)34(32,33)19-7-1-6-18(25)10-19/h1-2,4,6-8,10-12,14,17,27H,3,5,9,13,15H2. The fraction of sp³-hybridized carbons (Fsp3) is 0.261. The van der Waals surface area contributed by atoms with Crippen molar-refractivity contribution in [1.82, 2.24) is 23.9 Å². The summed E-state index contributed by atoms with van der Waals surface area (Å²) in [5.74, 6) is 0.649. The van der Waals surface area contributed by atoms with Crippen LogP contribution < -0.4 is 10.8 Å². The number of sulfonamides is 1. The average molecular weight is 493 g/mol. The first-order valence-corrected chi connectivity index (χ1v) is 12.8. The Morgan fingerprint density at radius 1 is 1.18 bits per heavy atom. The van der Waals surface area contributed by atoms with E-state index in [1.165, 1.54) is 10.4 Å². The first-order valence-electron chi connectivity index (χ1n) is 10.9. The van der Waals surface area contributed by atoms with Crippen LogP contribution in [-0.4, -0.2) is 53.2 Å². The summed E-state index contributed by atoms with van der Waals surface area (Å²) in [5, 5.41) is 8.13. The monoisotopic (exact) mass is 492 g/mol. The second kappa shape index (κ2) is 9.36. The maximum absolute atomic E-state index is 13.3. The number of halogens is 1. The van der Waals surface area contributed by atoms with E-state index < -0.39 is 10.0 Å². The lowest BCUT2D eigenvalue weighted by atomic mass is 9.95. The summed E-state index contributed by atoms with van der Waals surface area (Å²) in [4.78, 5) is 9.11. The molecule has 11 heteroatoms. The van der Waals surface area contributed by atoms with Crippen molar-refractivity contribution in [2.45, 2.75) is 30.2 Å². The van der Waals surface area contributed by atoms with Gasteiger partial charge in [0.05, 0.1) is 10.6 Å². The lowest BCUT2D eigenvalue weighted by molar-refractivity contribution is 0.313. The van der Waals surface area contributed by atoms with Gasteiger partial charge in [0.25, 0.3) is 0 Å². The minimum absolute atomic E-state index is 0.0825. The molecule has 0 aliphatic carbocycles. The highest BCUT2D eigenvalue weighted by atomic mass is 35.5. The van der Waals surface area contributed by atoms with Gasteiger partial charge >= 0.3 is 0 Å². The van der Waals surface area contributed by atoms with Crippen molar-refractivity contribution in [3.05, 3.63) is 77.3 Å². The van der Waals surface area contributed by atoms with Crippen molar-refractivity contribution in [2.75, 3.05) is 18.4 Å². The van der Waals surface area contributed by atoms with Crippen molar-refractivity contribution >= 4 is 46.4 Å². The first-order chi connectivity index (χ1) is 16.4. The van der Waals surface area contributed by atoms with E-state index in [0.29, 0.717) is 35.8 Å². The van der Waals surface area contributed by atoms with Gasteiger partial charge in [-0.2, -0.15) is 13.9 Å². The third-order valence-electron chi connectivity index (χ3n) is 5.95. The molecular weight excluding hydrogens is 471 g/mol. The quantitative estimate of drug-likeness (QED) is 0.416. The Labute approximate surface area is 204 Å². The van der Waals surface area contributed by atoms with Crippen LogP contribution in [0.1, 0.15) is 30.0 Å². The molecule has 1 aliphatic rings. The fourth-order valence-corrected chi connectivity index (χ4v) is 6.03. The number of fused-ring (bicyclic) bond motifs is 1. The summed E-state index contributed by atoms with van der Waals surface area (Å²) in [5.41, 5.74) is 2.80. The lowest BCUT2D eigenvalue weighted by Crippen LogP contribution is -2.39. The molecule has 1 saturated heterocycles. The maximum atomic E-state index is 13.3. The van der Waals surface area contributed by atoms with Crippen molar-refractivity contribution in [3.8, 4) is 0 Å². The van der Waals surface area contributed by atoms with Gasteiger partial charge in [-0.25, -0.2) is 13.4 Å². The molecular formula is C23H22BClN6O2S. The van der Waals surface area contributed by atoms with Crippen LogP contribution in [0.3, 0.4) is 0 Å². The Kier molecular flexibility index (Phi) is 6.29. The number of nitrogens with zero attached hydrogens (tertiary/aromatic N) is 5. The Balaban J connectivity index is 1.44. The molecule has 4 aromatic rings. The van der Waals surface area contributed by atoms with Crippen LogP contribution in [0.25, 0.3) is 5.65 Å². The van der Waals surface area contributed by atoms with Gasteiger partial charge in [0.2, 0.25) is 10.0 Å². The van der Waals surface area contributed by atoms with E-state index in [2.05, 4.69) is 15.4 Å². The molecule has 172 valence electrons. The highest BCUT2D eigenvalue weighted by molar-refractivity contribution is 7.89. The SMILES string of the molecule is [B]c1cnn2c(NCc3cccnc3)cc(C3CCCN(S(=O)(=O)c4cccc(Cl)c4)C3)nc12. The number of anilines is 1. The first kappa shape index (κ1) is 22.8. The summed E-state index contributed by atoms with van der Waals surface area (Å²) in [7, 11) is 2.47. The Morgan fingerprint density at radius 3 is 2.85 bits per heavy atom. The van der Waals surface area contributed by atoms with Crippen LogP contribution >= 0.6 is 11.6 Å². The summed E-state index contributed by atoms with van der Waals surface area (Å²) in [6.07, 6.45) is 6.64. The van der Waals surface area contributed by atoms with Crippen LogP contribution in [-0.2, 0) is 16.6 Å². The van der Waals surface area contributed by atoms with Crippen LogP contribution in [0.15, 0.2) is 66.0 Å². The maximum Gasteiger partial charge on any atom is 0.243 e. The fourth-order valence-electron chi connectivity index (χ4n) is 4.21. The van der Waals surface area contributed by atoms with Gasteiger partial charge in [-0.3, -0.25) is 4.98 Å². The number of rotatable bonds is 6. The lowest BCUT2D eigenvalue weighted by Gasteiger charge is -2.32. The smallest absolute Gasteiger partial charge is 0.243 e. The van der Waals surface area contributed by atoms with E-state index >= 15 is 0 Å². The summed E-state index contributed by atoms with van der Waals surface area (Å²) in [6.45, 7) is 1.33. The Bertz CT molecular complexity index is 1430. The van der Waals surface area contributed by atoms with Gasteiger partial charge < -0.3 is 5.32 Å². The van der Waals surface area contributed by atoms with Gasteiger partial charge in [0.15, 0.2) is 5.65 Å². The molecule has 2 radical (unpaired) electrons. The molecule has 0 amide bonds. The molecule has 1 aliphatic heterocycles. The van der Waals surface area contributed by atoms with E-state index in [4.69, 9.17) is 24.4 Å². The van der Waals surface area contributed by atoms with E-state index in [1.54, 1.807) is 41.3 Å². The number of aromatic nitrogens is 4. The van der Waals surface area contributed by atoms with Crippen LogP contribution in [0.5, 0.6) is 0 Å². The third-order valence-corrected chi connectivity index (χ3v) is 8.05. The number of piperidine rings is 1. The molecule has 0 bridgehead atoms. The molecule has 1 N–H and O–H groups in total. The molecule has 0 saturated carbocycles. The second-order valence-electron chi connectivity index (χ2n) is 8.28. The van der Waals surface area contributed by atoms with Crippen LogP contribution in [0, 0.1) is 0 Å². The molecule has 1 fully saturated rings. The van der Waals surface area contributed by atoms with Gasteiger partial charge in [-0.15, -0.1) is 0 Å². The molecule has 8 nitrogen and oxygen atoms in total. The predicted molar refractivity (Wildman–Crippen MR) is 132 cm³/mol. The largest absolute Gasteiger partial charge is 0.366 e. The van der Waals surface area contributed by atoms with Crippen LogP contribution in [0.2, 0.25) is 5.02 Å². The van der Waals surface area contributed by atoms with Crippen molar-refractivity contribution in [3.63, 3.8) is 0 Å². The zero-order chi connectivity index (χ0) is 23.7. The predicted octanol–water partition coefficient (Wildman–Crippen LogP) is 2.75. The second-order valence-corrected chi connectivity index (χ2v) is 10.7. The van der Waals surface area contributed by atoms with Gasteiger partial charge in [0.1, 0.15) is 13.7 Å².